The molecule has 0 aliphatic carbocycles. The minimum absolute atomic E-state index is 0.845. The molecule has 16 heavy (non-hydrogen) atoms. The molecule has 0 spiro atoms. The third-order valence-corrected chi connectivity index (χ3v) is 2.25. The van der Waals surface area contributed by atoms with Gasteiger partial charge in [-0.25, -0.2) is 0 Å². The Morgan fingerprint density at radius 3 is 2.56 bits per heavy atom. The zero-order valence-electron chi connectivity index (χ0n) is 8.32. The summed E-state index contributed by atoms with van der Waals surface area (Å²) in [5.74, 6) is 0.845. The predicted octanol–water partition coefficient (Wildman–Crippen LogP) is 1.92. The van der Waals surface area contributed by atoms with E-state index in [1.54, 1.807) is 6.26 Å². The van der Waals surface area contributed by atoms with Gasteiger partial charge in [-0.1, -0.05) is 0 Å². The van der Waals surface area contributed by atoms with Crippen LogP contribution in [0.3, 0.4) is 0 Å². The second kappa shape index (κ2) is 3.62. The van der Waals surface area contributed by atoms with Gasteiger partial charge in [0.2, 0.25) is 0 Å². The molecule has 5 nitrogen and oxygen atoms in total. The van der Waals surface area contributed by atoms with Crippen molar-refractivity contribution in [1.82, 2.24) is 20.2 Å². The van der Waals surface area contributed by atoms with E-state index in [0.717, 1.165) is 17.0 Å². The smallest absolute Gasteiger partial charge is 0.162 e. The van der Waals surface area contributed by atoms with Gasteiger partial charge in [-0.2, -0.15) is 0 Å². The molecule has 0 atom stereocenters. The van der Waals surface area contributed by atoms with Crippen LogP contribution in [-0.2, 0) is 0 Å². The maximum atomic E-state index is 5.30. The van der Waals surface area contributed by atoms with Gasteiger partial charge in [-0.15, -0.1) is 15.0 Å². The van der Waals surface area contributed by atoms with Crippen molar-refractivity contribution < 1.29 is 4.42 Å². The number of furan rings is 1. The maximum absolute atomic E-state index is 5.30. The first-order chi connectivity index (χ1) is 7.93. The minimum Gasteiger partial charge on any atom is -0.464 e. The SMILES string of the molecule is c1coc(-c2ccc(-n3ncnn3)cc2)c1. The normalized spacial score (nSPS) is 10.5. The van der Waals surface area contributed by atoms with Crippen molar-refractivity contribution in [3.8, 4) is 17.0 Å². The topological polar surface area (TPSA) is 56.7 Å². The third kappa shape index (κ3) is 1.48. The van der Waals surface area contributed by atoms with Crippen molar-refractivity contribution in [3.63, 3.8) is 0 Å². The molecule has 0 bridgehead atoms. The highest BCUT2D eigenvalue weighted by Crippen LogP contribution is 2.20. The standard InChI is InChI=1S/C11H8N4O/c1-2-11(16-7-1)9-3-5-10(6-4-9)15-13-8-12-14-15/h1-8H. The molecule has 2 heterocycles. The largest absolute Gasteiger partial charge is 0.464 e. The van der Waals surface area contributed by atoms with E-state index in [1.807, 2.05) is 36.4 Å². The summed E-state index contributed by atoms with van der Waals surface area (Å²) in [5.41, 5.74) is 1.89. The summed E-state index contributed by atoms with van der Waals surface area (Å²) < 4.78 is 5.30. The monoisotopic (exact) mass is 212 g/mol. The van der Waals surface area contributed by atoms with Crippen molar-refractivity contribution in [3.05, 3.63) is 49.0 Å². The van der Waals surface area contributed by atoms with Gasteiger partial charge < -0.3 is 4.42 Å². The summed E-state index contributed by atoms with van der Waals surface area (Å²) in [6, 6.07) is 11.5. The van der Waals surface area contributed by atoms with Crippen molar-refractivity contribution >= 4 is 0 Å². The van der Waals surface area contributed by atoms with Gasteiger partial charge in [0, 0.05) is 5.56 Å². The number of nitrogens with zero attached hydrogens (tertiary/aromatic N) is 4. The zero-order chi connectivity index (χ0) is 10.8. The second-order valence-electron chi connectivity index (χ2n) is 3.25. The predicted molar refractivity (Wildman–Crippen MR) is 56.9 cm³/mol. The van der Waals surface area contributed by atoms with Crippen LogP contribution >= 0.6 is 0 Å². The fourth-order valence-corrected chi connectivity index (χ4v) is 1.49. The maximum Gasteiger partial charge on any atom is 0.162 e. The highest BCUT2D eigenvalue weighted by atomic mass is 16.3. The number of hydrogen-bond donors (Lipinski definition) is 0. The van der Waals surface area contributed by atoms with Crippen molar-refractivity contribution in [2.75, 3.05) is 0 Å². The van der Waals surface area contributed by atoms with E-state index < -0.39 is 0 Å². The van der Waals surface area contributed by atoms with Gasteiger partial charge in [0.05, 0.1) is 12.0 Å². The van der Waals surface area contributed by atoms with Crippen LogP contribution < -0.4 is 0 Å². The molecule has 3 aromatic rings. The second-order valence-corrected chi connectivity index (χ2v) is 3.25. The van der Waals surface area contributed by atoms with Crippen molar-refractivity contribution in [2.45, 2.75) is 0 Å². The Labute approximate surface area is 91.3 Å². The van der Waals surface area contributed by atoms with Crippen LogP contribution in [0.2, 0.25) is 0 Å². The average molecular weight is 212 g/mol. The molecule has 1 aromatic carbocycles. The Bertz CT molecular complexity index is 501. The molecule has 0 amide bonds. The molecule has 0 saturated carbocycles. The summed E-state index contributed by atoms with van der Waals surface area (Å²) in [7, 11) is 0. The Hall–Kier alpha value is -2.43. The first kappa shape index (κ1) is 8.84. The summed E-state index contributed by atoms with van der Waals surface area (Å²) >= 11 is 0. The van der Waals surface area contributed by atoms with E-state index in [1.165, 1.54) is 11.1 Å². The lowest BCUT2D eigenvalue weighted by Gasteiger charge is -1.99. The minimum atomic E-state index is 0.845. The molecule has 0 saturated heterocycles. The van der Waals surface area contributed by atoms with Crippen molar-refractivity contribution in [2.24, 2.45) is 0 Å². The van der Waals surface area contributed by atoms with E-state index in [4.69, 9.17) is 4.42 Å². The first-order valence-electron chi connectivity index (χ1n) is 4.81. The molecule has 0 aliphatic rings. The third-order valence-electron chi connectivity index (χ3n) is 2.25. The van der Waals surface area contributed by atoms with Crippen LogP contribution in [0.5, 0.6) is 0 Å². The fourth-order valence-electron chi connectivity index (χ4n) is 1.49. The molecule has 0 fully saturated rings. The summed E-state index contributed by atoms with van der Waals surface area (Å²) in [5, 5.41) is 11.4. The Balaban J connectivity index is 1.97. The van der Waals surface area contributed by atoms with E-state index in [-0.39, 0.29) is 0 Å². The molecule has 0 N–H and O–H groups in total. The van der Waals surface area contributed by atoms with Gasteiger partial charge in [0.1, 0.15) is 5.76 Å². The number of aromatic nitrogens is 4. The number of benzene rings is 1. The van der Waals surface area contributed by atoms with Gasteiger partial charge in [0.15, 0.2) is 6.33 Å². The number of hydrogen-bond acceptors (Lipinski definition) is 4. The Morgan fingerprint density at radius 2 is 1.94 bits per heavy atom. The lowest BCUT2D eigenvalue weighted by atomic mass is 10.1. The van der Waals surface area contributed by atoms with Crippen LogP contribution in [-0.4, -0.2) is 20.2 Å². The van der Waals surface area contributed by atoms with Crippen molar-refractivity contribution in [1.29, 1.82) is 0 Å². The number of tetrazole rings is 1. The van der Waals surface area contributed by atoms with E-state index in [2.05, 4.69) is 15.4 Å². The van der Waals surface area contributed by atoms with Crippen LogP contribution in [0.1, 0.15) is 0 Å². The molecule has 0 unspecified atom stereocenters. The Kier molecular flexibility index (Phi) is 2.00. The zero-order valence-corrected chi connectivity index (χ0v) is 8.32. The fraction of sp³-hybridized carbons (Fsp3) is 0. The lowest BCUT2D eigenvalue weighted by molar-refractivity contribution is 0.582. The van der Waals surface area contributed by atoms with Gasteiger partial charge in [-0.3, -0.25) is 0 Å². The lowest BCUT2D eigenvalue weighted by Crippen LogP contribution is -1.98. The average Bonchev–Trinajstić information content (AvgIpc) is 3.03. The molecule has 78 valence electrons. The molecule has 2 aromatic heterocycles. The van der Waals surface area contributed by atoms with Crippen LogP contribution in [0.25, 0.3) is 17.0 Å². The highest BCUT2D eigenvalue weighted by Gasteiger charge is 2.02. The van der Waals surface area contributed by atoms with Crippen LogP contribution in [0.15, 0.2) is 53.4 Å². The van der Waals surface area contributed by atoms with E-state index in [0.29, 0.717) is 0 Å². The first-order valence-corrected chi connectivity index (χ1v) is 4.81. The quantitative estimate of drug-likeness (QED) is 0.651. The molecule has 3 rings (SSSR count). The Morgan fingerprint density at radius 1 is 1.06 bits per heavy atom. The molecule has 0 aliphatic heterocycles. The van der Waals surface area contributed by atoms with Gasteiger partial charge >= 0.3 is 0 Å². The van der Waals surface area contributed by atoms with Gasteiger partial charge in [0.25, 0.3) is 0 Å². The summed E-state index contributed by atoms with van der Waals surface area (Å²) in [6.45, 7) is 0. The summed E-state index contributed by atoms with van der Waals surface area (Å²) in [6.07, 6.45) is 3.06. The van der Waals surface area contributed by atoms with Crippen LogP contribution in [0.4, 0.5) is 0 Å². The van der Waals surface area contributed by atoms with E-state index in [9.17, 15) is 0 Å². The molecular formula is C11H8N4O. The number of rotatable bonds is 2. The molecular weight excluding hydrogens is 204 g/mol. The molecule has 0 radical (unpaired) electrons. The highest BCUT2D eigenvalue weighted by molar-refractivity contribution is 5.58. The van der Waals surface area contributed by atoms with E-state index >= 15 is 0 Å². The summed E-state index contributed by atoms with van der Waals surface area (Å²) in [4.78, 5) is 1.46. The van der Waals surface area contributed by atoms with Gasteiger partial charge in [-0.05, 0) is 41.6 Å². The molecule has 5 heteroatoms. The van der Waals surface area contributed by atoms with Crippen LogP contribution in [0, 0.1) is 0 Å².